The number of rotatable bonds is 4. The molecule has 22 heavy (non-hydrogen) atoms. The molecule has 1 aromatic carbocycles. The zero-order valence-corrected chi connectivity index (χ0v) is 13.7. The maximum absolute atomic E-state index is 2.71. The Hall–Kier alpha value is -1.12. The lowest BCUT2D eigenvalue weighted by Gasteiger charge is -2.37. The van der Waals surface area contributed by atoms with Crippen LogP contribution in [0.5, 0.6) is 0 Å². The van der Waals surface area contributed by atoms with E-state index in [1.807, 2.05) is 0 Å². The van der Waals surface area contributed by atoms with Crippen LogP contribution in [0.2, 0.25) is 0 Å². The first kappa shape index (κ1) is 14.5. The van der Waals surface area contributed by atoms with Crippen LogP contribution >= 0.6 is 0 Å². The molecule has 0 radical (unpaired) electrons. The van der Waals surface area contributed by atoms with Crippen molar-refractivity contribution < 1.29 is 0 Å². The van der Waals surface area contributed by atoms with Gasteiger partial charge in [0.15, 0.2) is 0 Å². The molecule has 0 amide bonds. The molecule has 1 saturated heterocycles. The van der Waals surface area contributed by atoms with Crippen LogP contribution < -0.4 is 0 Å². The highest BCUT2D eigenvalue weighted by molar-refractivity contribution is 5.21. The molecule has 0 aromatic heterocycles. The van der Waals surface area contributed by atoms with Crippen LogP contribution in [0.25, 0.3) is 0 Å². The Bertz CT molecular complexity index is 525. The first-order valence-corrected chi connectivity index (χ1v) is 8.95. The molecule has 2 bridgehead atoms. The van der Waals surface area contributed by atoms with Crippen LogP contribution in [0.4, 0.5) is 0 Å². The van der Waals surface area contributed by atoms with Gasteiger partial charge in [-0.3, -0.25) is 4.90 Å². The fourth-order valence-electron chi connectivity index (χ4n) is 4.52. The first-order chi connectivity index (χ1) is 10.8. The van der Waals surface area contributed by atoms with Crippen molar-refractivity contribution in [2.75, 3.05) is 32.7 Å². The summed E-state index contributed by atoms with van der Waals surface area (Å²) in [6.07, 6.45) is 7.84. The van der Waals surface area contributed by atoms with Crippen molar-refractivity contribution in [2.45, 2.75) is 26.3 Å². The molecule has 1 saturated carbocycles. The number of hydrogen-bond donors (Lipinski definition) is 0. The summed E-state index contributed by atoms with van der Waals surface area (Å²) in [6, 6.07) is 9.02. The van der Waals surface area contributed by atoms with E-state index >= 15 is 0 Å². The first-order valence-electron chi connectivity index (χ1n) is 8.95. The smallest absolute Gasteiger partial charge is 0.0234 e. The van der Waals surface area contributed by atoms with Gasteiger partial charge in [-0.1, -0.05) is 42.0 Å². The average Bonchev–Trinajstić information content (AvgIpc) is 3.14. The molecule has 3 aliphatic rings. The molecule has 0 unspecified atom stereocenters. The SMILES string of the molecule is Cc1ccc(CN2CCN(C[C@H]3C[C@H]4C=C[C@@H]3C4)CC2)cc1. The van der Waals surface area contributed by atoms with Crippen molar-refractivity contribution in [3.63, 3.8) is 0 Å². The molecule has 2 nitrogen and oxygen atoms in total. The van der Waals surface area contributed by atoms with E-state index in [0.29, 0.717) is 0 Å². The van der Waals surface area contributed by atoms with Crippen LogP contribution in [-0.2, 0) is 6.54 Å². The molecular weight excluding hydrogens is 268 g/mol. The lowest BCUT2D eigenvalue weighted by atomic mass is 9.93. The third-order valence-corrected chi connectivity index (χ3v) is 5.90. The van der Waals surface area contributed by atoms with Gasteiger partial charge in [0.05, 0.1) is 0 Å². The summed E-state index contributed by atoms with van der Waals surface area (Å²) < 4.78 is 0. The predicted molar refractivity (Wildman–Crippen MR) is 91.7 cm³/mol. The Balaban J connectivity index is 1.24. The lowest BCUT2D eigenvalue weighted by Crippen LogP contribution is -2.47. The zero-order valence-electron chi connectivity index (χ0n) is 13.7. The summed E-state index contributed by atoms with van der Waals surface area (Å²) in [6.45, 7) is 9.57. The Labute approximate surface area is 134 Å². The van der Waals surface area contributed by atoms with Crippen LogP contribution in [0, 0.1) is 24.7 Å². The van der Waals surface area contributed by atoms with E-state index in [1.54, 1.807) is 0 Å². The van der Waals surface area contributed by atoms with Crippen LogP contribution in [0.1, 0.15) is 24.0 Å². The number of fused-ring (bicyclic) bond motifs is 2. The third-order valence-electron chi connectivity index (χ3n) is 5.90. The number of benzene rings is 1. The van der Waals surface area contributed by atoms with Crippen molar-refractivity contribution in [1.82, 2.24) is 9.80 Å². The van der Waals surface area contributed by atoms with Gasteiger partial charge in [0.1, 0.15) is 0 Å². The van der Waals surface area contributed by atoms with E-state index in [9.17, 15) is 0 Å². The minimum absolute atomic E-state index is 0.899. The molecule has 4 rings (SSSR count). The van der Waals surface area contributed by atoms with Gasteiger partial charge >= 0.3 is 0 Å². The van der Waals surface area contributed by atoms with E-state index in [4.69, 9.17) is 0 Å². The quantitative estimate of drug-likeness (QED) is 0.786. The van der Waals surface area contributed by atoms with Gasteiger partial charge in [-0.25, -0.2) is 0 Å². The maximum atomic E-state index is 2.71. The second-order valence-electron chi connectivity index (χ2n) is 7.60. The molecule has 0 N–H and O–H groups in total. The van der Waals surface area contributed by atoms with E-state index < -0.39 is 0 Å². The monoisotopic (exact) mass is 296 g/mol. The summed E-state index contributed by atoms with van der Waals surface area (Å²) in [5.74, 6) is 2.76. The minimum Gasteiger partial charge on any atom is -0.300 e. The van der Waals surface area contributed by atoms with Gasteiger partial charge in [0.2, 0.25) is 0 Å². The van der Waals surface area contributed by atoms with E-state index in [-0.39, 0.29) is 0 Å². The number of piperazine rings is 1. The highest BCUT2D eigenvalue weighted by Gasteiger charge is 2.36. The second-order valence-corrected chi connectivity index (χ2v) is 7.60. The molecule has 118 valence electrons. The highest BCUT2D eigenvalue weighted by atomic mass is 15.3. The van der Waals surface area contributed by atoms with Crippen LogP contribution in [-0.4, -0.2) is 42.5 Å². The van der Waals surface area contributed by atoms with Gasteiger partial charge in [0, 0.05) is 39.3 Å². The summed E-state index contributed by atoms with van der Waals surface area (Å²) in [4.78, 5) is 5.33. The van der Waals surface area contributed by atoms with Crippen LogP contribution in [0.3, 0.4) is 0 Å². The largest absolute Gasteiger partial charge is 0.300 e. The number of allylic oxidation sites excluding steroid dienone is 2. The van der Waals surface area contributed by atoms with Gasteiger partial charge in [0.25, 0.3) is 0 Å². The molecule has 1 heterocycles. The summed E-state index contributed by atoms with van der Waals surface area (Å²) >= 11 is 0. The van der Waals surface area contributed by atoms with Crippen LogP contribution in [0.15, 0.2) is 36.4 Å². The third kappa shape index (κ3) is 3.13. The predicted octanol–water partition coefficient (Wildman–Crippen LogP) is 3.32. The van der Waals surface area contributed by atoms with Gasteiger partial charge in [-0.05, 0) is 43.1 Å². The van der Waals surface area contributed by atoms with Crippen molar-refractivity contribution in [2.24, 2.45) is 17.8 Å². The maximum Gasteiger partial charge on any atom is 0.0234 e. The minimum atomic E-state index is 0.899. The van der Waals surface area contributed by atoms with Gasteiger partial charge in [-0.2, -0.15) is 0 Å². The second kappa shape index (κ2) is 6.17. The lowest BCUT2D eigenvalue weighted by molar-refractivity contribution is 0.108. The zero-order chi connectivity index (χ0) is 14.9. The Morgan fingerprint density at radius 2 is 1.64 bits per heavy atom. The Morgan fingerprint density at radius 3 is 2.27 bits per heavy atom. The molecule has 1 aliphatic heterocycles. The number of aryl methyl sites for hydroxylation is 1. The molecule has 0 spiro atoms. The van der Waals surface area contributed by atoms with Crippen molar-refractivity contribution in [3.8, 4) is 0 Å². The van der Waals surface area contributed by atoms with Gasteiger partial charge < -0.3 is 4.90 Å². The Morgan fingerprint density at radius 1 is 0.909 bits per heavy atom. The molecular formula is C20H28N2. The molecule has 2 heteroatoms. The molecule has 3 atom stereocenters. The standard InChI is InChI=1S/C20H28N2/c1-16-2-4-17(5-3-16)14-21-8-10-22(11-9-21)15-20-13-18-6-7-19(20)12-18/h2-7,18-20H,8-15H2,1H3/t18-,19+,20+/m0/s1. The molecule has 2 aliphatic carbocycles. The molecule has 1 aromatic rings. The van der Waals surface area contributed by atoms with E-state index in [1.165, 1.54) is 56.7 Å². The summed E-state index contributed by atoms with van der Waals surface area (Å²) in [5.41, 5.74) is 2.81. The van der Waals surface area contributed by atoms with Crippen molar-refractivity contribution in [3.05, 3.63) is 47.5 Å². The Kier molecular flexibility index (Phi) is 4.06. The number of nitrogens with zero attached hydrogens (tertiary/aromatic N) is 2. The summed E-state index contributed by atoms with van der Waals surface area (Å²) in [7, 11) is 0. The number of hydrogen-bond acceptors (Lipinski definition) is 2. The van der Waals surface area contributed by atoms with Crippen molar-refractivity contribution in [1.29, 1.82) is 0 Å². The normalized spacial score (nSPS) is 32.0. The average molecular weight is 296 g/mol. The fourth-order valence-corrected chi connectivity index (χ4v) is 4.52. The summed E-state index contributed by atoms with van der Waals surface area (Å²) in [5, 5.41) is 0. The fraction of sp³-hybridized carbons (Fsp3) is 0.600. The topological polar surface area (TPSA) is 6.48 Å². The van der Waals surface area contributed by atoms with Crippen molar-refractivity contribution >= 4 is 0 Å². The van der Waals surface area contributed by atoms with E-state index in [2.05, 4.69) is 53.1 Å². The van der Waals surface area contributed by atoms with E-state index in [0.717, 1.165) is 24.3 Å². The highest BCUT2D eigenvalue weighted by Crippen LogP contribution is 2.43. The van der Waals surface area contributed by atoms with Gasteiger partial charge in [-0.15, -0.1) is 0 Å². The molecule has 2 fully saturated rings.